The van der Waals surface area contributed by atoms with Gasteiger partial charge in [0.2, 0.25) is 5.91 Å². The Labute approximate surface area is 117 Å². The molecule has 1 saturated carbocycles. The fourth-order valence-corrected chi connectivity index (χ4v) is 4.71. The molecule has 4 atom stereocenters. The predicted molar refractivity (Wildman–Crippen MR) is 72.8 cm³/mol. The van der Waals surface area contributed by atoms with Crippen LogP contribution in [0.5, 0.6) is 0 Å². The lowest BCUT2D eigenvalue weighted by atomic mass is 9.96. The van der Waals surface area contributed by atoms with Crippen LogP contribution in [0.2, 0.25) is 0 Å². The first kappa shape index (κ1) is 13.2. The molecule has 1 amide bonds. The van der Waals surface area contributed by atoms with E-state index < -0.39 is 12.0 Å². The van der Waals surface area contributed by atoms with Crippen molar-refractivity contribution in [2.45, 2.75) is 31.2 Å². The second-order valence-electron chi connectivity index (χ2n) is 5.90. The van der Waals surface area contributed by atoms with Crippen molar-refractivity contribution < 1.29 is 14.7 Å². The highest BCUT2D eigenvalue weighted by molar-refractivity contribution is 8.00. The zero-order valence-corrected chi connectivity index (χ0v) is 11.9. The van der Waals surface area contributed by atoms with Crippen molar-refractivity contribution in [1.29, 1.82) is 0 Å². The van der Waals surface area contributed by atoms with Gasteiger partial charge >= 0.3 is 5.97 Å². The molecular formula is C13H20N2O3S. The first-order valence-electron chi connectivity index (χ1n) is 6.97. The van der Waals surface area contributed by atoms with Crippen LogP contribution in [-0.2, 0) is 9.59 Å². The topological polar surface area (TPSA) is 69.6 Å². The number of nitrogens with zero attached hydrogens (tertiary/aromatic N) is 1. The molecule has 19 heavy (non-hydrogen) atoms. The number of nitrogens with one attached hydrogen (secondary N) is 1. The van der Waals surface area contributed by atoms with Crippen LogP contribution in [0.25, 0.3) is 0 Å². The highest BCUT2D eigenvalue weighted by Gasteiger charge is 2.50. The molecule has 4 unspecified atom stereocenters. The summed E-state index contributed by atoms with van der Waals surface area (Å²) in [6, 6.07) is -0.629. The molecule has 2 aliphatic heterocycles. The predicted octanol–water partition coefficient (Wildman–Crippen LogP) is 0.607. The molecule has 2 saturated heterocycles. The van der Waals surface area contributed by atoms with Gasteiger partial charge in [-0.1, -0.05) is 6.92 Å². The number of carbonyl (C=O) groups is 2. The molecule has 3 rings (SSSR count). The van der Waals surface area contributed by atoms with E-state index in [0.29, 0.717) is 24.1 Å². The molecule has 6 heteroatoms. The van der Waals surface area contributed by atoms with Crippen LogP contribution in [0.3, 0.4) is 0 Å². The first-order valence-corrected chi connectivity index (χ1v) is 8.01. The molecule has 1 aliphatic carbocycles. The number of carbonyl (C=O) groups excluding carboxylic acids is 1. The third-order valence-corrected chi connectivity index (χ3v) is 5.90. The minimum Gasteiger partial charge on any atom is -0.480 e. The van der Waals surface area contributed by atoms with Crippen molar-refractivity contribution in [3.05, 3.63) is 0 Å². The monoisotopic (exact) mass is 284 g/mol. The highest BCUT2D eigenvalue weighted by Crippen LogP contribution is 2.46. The van der Waals surface area contributed by atoms with Crippen LogP contribution in [0.15, 0.2) is 0 Å². The summed E-state index contributed by atoms with van der Waals surface area (Å²) in [5.74, 6) is 0.489. The third-order valence-electron chi connectivity index (χ3n) is 4.43. The van der Waals surface area contributed by atoms with E-state index in [2.05, 4.69) is 12.2 Å². The Morgan fingerprint density at radius 2 is 2.05 bits per heavy atom. The maximum absolute atomic E-state index is 12.7. The van der Waals surface area contributed by atoms with Crippen LogP contribution >= 0.6 is 11.8 Å². The van der Waals surface area contributed by atoms with Gasteiger partial charge in [0.25, 0.3) is 0 Å². The number of hydrogen-bond acceptors (Lipinski definition) is 4. The molecule has 0 spiro atoms. The van der Waals surface area contributed by atoms with Crippen LogP contribution in [-0.4, -0.2) is 52.1 Å². The van der Waals surface area contributed by atoms with E-state index in [1.54, 1.807) is 16.7 Å². The summed E-state index contributed by atoms with van der Waals surface area (Å²) in [6.07, 6.45) is 2.26. The van der Waals surface area contributed by atoms with Crippen molar-refractivity contribution in [3.8, 4) is 0 Å². The summed E-state index contributed by atoms with van der Waals surface area (Å²) in [5, 5.41) is 12.7. The average Bonchev–Trinajstić information content (AvgIpc) is 2.97. The summed E-state index contributed by atoms with van der Waals surface area (Å²) >= 11 is 1.65. The lowest BCUT2D eigenvalue weighted by Crippen LogP contribution is -2.49. The number of hydrogen-bond donors (Lipinski definition) is 2. The van der Waals surface area contributed by atoms with Crippen molar-refractivity contribution in [1.82, 2.24) is 10.2 Å². The van der Waals surface area contributed by atoms with E-state index in [9.17, 15) is 14.7 Å². The first-order chi connectivity index (χ1) is 9.09. The second kappa shape index (κ2) is 4.98. The average molecular weight is 284 g/mol. The standard InChI is InChI=1S/C13H20N2O3S/c1-7-4-14-5-9(7)11(16)15-10(13(17)18)6-19-12(15)8-2-3-8/h7-10,12,14H,2-6H2,1H3,(H,17,18). The van der Waals surface area contributed by atoms with Crippen molar-refractivity contribution in [2.75, 3.05) is 18.8 Å². The Hall–Kier alpha value is -0.750. The Balaban J connectivity index is 1.80. The summed E-state index contributed by atoms with van der Waals surface area (Å²) in [6.45, 7) is 3.60. The number of carboxylic acid groups (broad SMARTS) is 1. The molecule has 0 bridgehead atoms. The van der Waals surface area contributed by atoms with E-state index in [1.165, 1.54) is 0 Å². The van der Waals surface area contributed by atoms with Gasteiger partial charge < -0.3 is 15.3 Å². The van der Waals surface area contributed by atoms with Gasteiger partial charge in [0, 0.05) is 12.3 Å². The Bertz CT molecular complexity index is 399. The van der Waals surface area contributed by atoms with E-state index in [1.807, 2.05) is 0 Å². The quantitative estimate of drug-likeness (QED) is 0.794. The maximum Gasteiger partial charge on any atom is 0.327 e. The van der Waals surface area contributed by atoms with E-state index in [4.69, 9.17) is 0 Å². The largest absolute Gasteiger partial charge is 0.480 e. The molecular weight excluding hydrogens is 264 g/mol. The number of rotatable bonds is 3. The van der Waals surface area contributed by atoms with Gasteiger partial charge in [0.1, 0.15) is 6.04 Å². The molecule has 2 N–H and O–H groups in total. The summed E-state index contributed by atoms with van der Waals surface area (Å²) in [5.41, 5.74) is 0. The lowest BCUT2D eigenvalue weighted by Gasteiger charge is -2.30. The van der Waals surface area contributed by atoms with Crippen molar-refractivity contribution in [2.24, 2.45) is 17.8 Å². The Kier molecular flexibility index (Phi) is 3.47. The van der Waals surface area contributed by atoms with Gasteiger partial charge in [0.05, 0.1) is 11.3 Å². The van der Waals surface area contributed by atoms with Crippen molar-refractivity contribution in [3.63, 3.8) is 0 Å². The van der Waals surface area contributed by atoms with E-state index in [-0.39, 0.29) is 17.2 Å². The number of carboxylic acids is 1. The highest BCUT2D eigenvalue weighted by atomic mass is 32.2. The molecule has 2 heterocycles. The van der Waals surface area contributed by atoms with Gasteiger partial charge in [-0.05, 0) is 31.2 Å². The zero-order valence-electron chi connectivity index (χ0n) is 11.0. The van der Waals surface area contributed by atoms with Crippen LogP contribution in [0.4, 0.5) is 0 Å². The molecule has 0 aromatic rings. The number of thioether (sulfide) groups is 1. The minimum absolute atomic E-state index is 0.0480. The normalized spacial score (nSPS) is 38.7. The Morgan fingerprint density at radius 1 is 1.32 bits per heavy atom. The molecule has 0 aromatic heterocycles. The lowest BCUT2D eigenvalue weighted by molar-refractivity contribution is -0.151. The summed E-state index contributed by atoms with van der Waals surface area (Å²) < 4.78 is 0. The zero-order chi connectivity index (χ0) is 13.6. The van der Waals surface area contributed by atoms with Gasteiger partial charge in [-0.25, -0.2) is 4.79 Å². The second-order valence-corrected chi connectivity index (χ2v) is 7.05. The van der Waals surface area contributed by atoms with Gasteiger partial charge in [-0.2, -0.15) is 0 Å². The summed E-state index contributed by atoms with van der Waals surface area (Å²) in [7, 11) is 0. The molecule has 3 fully saturated rings. The van der Waals surface area contributed by atoms with Gasteiger partial charge in [-0.3, -0.25) is 4.79 Å². The number of amides is 1. The third kappa shape index (κ3) is 2.36. The fourth-order valence-electron chi connectivity index (χ4n) is 3.07. The fraction of sp³-hybridized carbons (Fsp3) is 0.846. The van der Waals surface area contributed by atoms with Gasteiger partial charge in [0.15, 0.2) is 0 Å². The van der Waals surface area contributed by atoms with Crippen molar-refractivity contribution >= 4 is 23.6 Å². The molecule has 5 nitrogen and oxygen atoms in total. The molecule has 3 aliphatic rings. The van der Waals surface area contributed by atoms with E-state index >= 15 is 0 Å². The minimum atomic E-state index is -0.859. The van der Waals surface area contributed by atoms with E-state index in [0.717, 1.165) is 19.4 Å². The SMILES string of the molecule is CC1CNCC1C(=O)N1C(C(=O)O)CSC1C1CC1. The van der Waals surface area contributed by atoms with Gasteiger partial charge in [-0.15, -0.1) is 11.8 Å². The molecule has 106 valence electrons. The number of aliphatic carboxylic acids is 1. The smallest absolute Gasteiger partial charge is 0.327 e. The maximum atomic E-state index is 12.7. The Morgan fingerprint density at radius 3 is 2.58 bits per heavy atom. The van der Waals surface area contributed by atoms with Crippen LogP contribution < -0.4 is 5.32 Å². The molecule has 0 aromatic carbocycles. The summed E-state index contributed by atoms with van der Waals surface area (Å²) in [4.78, 5) is 25.8. The van der Waals surface area contributed by atoms with Crippen LogP contribution in [0, 0.1) is 17.8 Å². The molecule has 0 radical (unpaired) electrons. The van der Waals surface area contributed by atoms with Crippen LogP contribution in [0.1, 0.15) is 19.8 Å².